The quantitative estimate of drug-likeness (QED) is 0.424. The van der Waals surface area contributed by atoms with Crippen LogP contribution in [0.1, 0.15) is 65.2 Å². The molecule has 1 aliphatic rings. The van der Waals surface area contributed by atoms with Crippen molar-refractivity contribution in [2.45, 2.75) is 71.3 Å². The largest absolute Gasteiger partial charge is 0.357 e. The minimum absolute atomic E-state index is 0.646. The second-order valence-corrected chi connectivity index (χ2v) is 4.95. The van der Waals surface area contributed by atoms with Crippen LogP contribution in [0.15, 0.2) is 4.99 Å². The van der Waals surface area contributed by atoms with E-state index in [0.29, 0.717) is 6.04 Å². The minimum atomic E-state index is 0.646. The Labute approximate surface area is 106 Å². The van der Waals surface area contributed by atoms with E-state index < -0.39 is 0 Å². The first-order chi connectivity index (χ1) is 8.36. The fraction of sp³-hybridized carbons (Fsp3) is 0.929. The molecule has 0 aliphatic heterocycles. The van der Waals surface area contributed by atoms with E-state index in [9.17, 15) is 0 Å². The predicted octanol–water partition coefficient (Wildman–Crippen LogP) is 3.06. The van der Waals surface area contributed by atoms with Crippen LogP contribution in [0.5, 0.6) is 0 Å². The van der Waals surface area contributed by atoms with Gasteiger partial charge in [-0.05, 0) is 26.2 Å². The van der Waals surface area contributed by atoms with Crippen molar-refractivity contribution in [3.63, 3.8) is 0 Å². The van der Waals surface area contributed by atoms with Gasteiger partial charge in [-0.2, -0.15) is 0 Å². The number of nitrogens with one attached hydrogen (secondary N) is 2. The first-order valence-corrected chi connectivity index (χ1v) is 7.41. The van der Waals surface area contributed by atoms with Gasteiger partial charge in [0, 0.05) is 19.1 Å². The number of unbranched alkanes of at least 4 members (excludes halogenated alkanes) is 2. The van der Waals surface area contributed by atoms with E-state index in [1.807, 2.05) is 0 Å². The average Bonchev–Trinajstić information content (AvgIpc) is 2.36. The molecule has 0 radical (unpaired) electrons. The van der Waals surface area contributed by atoms with Crippen LogP contribution in [0.25, 0.3) is 0 Å². The number of nitrogens with zero attached hydrogens (tertiary/aromatic N) is 1. The number of guanidine groups is 1. The summed E-state index contributed by atoms with van der Waals surface area (Å²) < 4.78 is 0. The normalized spacial score (nSPS) is 18.1. The van der Waals surface area contributed by atoms with Crippen molar-refractivity contribution >= 4 is 5.96 Å². The van der Waals surface area contributed by atoms with Gasteiger partial charge in [-0.15, -0.1) is 0 Å². The third kappa shape index (κ3) is 6.54. The van der Waals surface area contributed by atoms with Gasteiger partial charge >= 0.3 is 0 Å². The van der Waals surface area contributed by atoms with Gasteiger partial charge in [0.1, 0.15) is 0 Å². The van der Waals surface area contributed by atoms with Gasteiger partial charge in [-0.3, -0.25) is 4.99 Å². The number of aliphatic imine (C=N–C) groups is 1. The van der Waals surface area contributed by atoms with Gasteiger partial charge in [0.15, 0.2) is 5.96 Å². The minimum Gasteiger partial charge on any atom is -0.357 e. The summed E-state index contributed by atoms with van der Waals surface area (Å²) in [5.74, 6) is 1.02. The molecule has 1 aliphatic carbocycles. The molecular formula is C14H29N3. The molecule has 2 N–H and O–H groups in total. The standard InChI is InChI=1S/C14H29N3/c1-3-5-9-12-16-14(15-4-2)17-13-10-7-6-8-11-13/h13H,3-12H2,1-2H3,(H2,15,16,17). The molecule has 17 heavy (non-hydrogen) atoms. The predicted molar refractivity (Wildman–Crippen MR) is 75.5 cm³/mol. The highest BCUT2D eigenvalue weighted by Crippen LogP contribution is 2.17. The zero-order chi connectivity index (χ0) is 12.3. The van der Waals surface area contributed by atoms with Crippen LogP contribution in [0.4, 0.5) is 0 Å². The summed E-state index contributed by atoms with van der Waals surface area (Å²) in [5.41, 5.74) is 0. The molecule has 1 fully saturated rings. The van der Waals surface area contributed by atoms with E-state index in [0.717, 1.165) is 19.0 Å². The zero-order valence-electron chi connectivity index (χ0n) is 11.6. The topological polar surface area (TPSA) is 36.4 Å². The molecule has 0 aromatic carbocycles. The molecule has 0 aromatic rings. The van der Waals surface area contributed by atoms with E-state index in [1.54, 1.807) is 0 Å². The Balaban J connectivity index is 2.29. The van der Waals surface area contributed by atoms with Crippen LogP contribution in [0, 0.1) is 0 Å². The van der Waals surface area contributed by atoms with Crippen LogP contribution < -0.4 is 10.6 Å². The first-order valence-electron chi connectivity index (χ1n) is 7.41. The molecule has 0 atom stereocenters. The SMILES string of the molecule is CCCCCN=C(NCC)NC1CCCCC1. The molecule has 100 valence electrons. The summed E-state index contributed by atoms with van der Waals surface area (Å²) in [7, 11) is 0. The number of hydrogen-bond donors (Lipinski definition) is 2. The summed E-state index contributed by atoms with van der Waals surface area (Å²) in [6.07, 6.45) is 10.5. The van der Waals surface area contributed by atoms with Crippen molar-refractivity contribution in [1.82, 2.24) is 10.6 Å². The first kappa shape index (κ1) is 14.3. The summed E-state index contributed by atoms with van der Waals surface area (Å²) in [6.45, 7) is 6.27. The molecule has 1 rings (SSSR count). The highest BCUT2D eigenvalue weighted by atomic mass is 15.2. The molecule has 0 unspecified atom stereocenters. The Hall–Kier alpha value is -0.730. The summed E-state index contributed by atoms with van der Waals surface area (Å²) in [6, 6.07) is 0.646. The maximum absolute atomic E-state index is 4.64. The maximum atomic E-state index is 4.64. The lowest BCUT2D eigenvalue weighted by Gasteiger charge is -2.24. The molecule has 0 bridgehead atoms. The van der Waals surface area contributed by atoms with Gasteiger partial charge in [0.05, 0.1) is 0 Å². The van der Waals surface area contributed by atoms with Crippen LogP contribution in [-0.2, 0) is 0 Å². The summed E-state index contributed by atoms with van der Waals surface area (Å²) in [4.78, 5) is 4.64. The van der Waals surface area contributed by atoms with Crippen LogP contribution >= 0.6 is 0 Å². The van der Waals surface area contributed by atoms with Crippen molar-refractivity contribution in [3.05, 3.63) is 0 Å². The van der Waals surface area contributed by atoms with Crippen molar-refractivity contribution in [2.75, 3.05) is 13.1 Å². The monoisotopic (exact) mass is 239 g/mol. The lowest BCUT2D eigenvalue weighted by Crippen LogP contribution is -2.44. The molecule has 0 heterocycles. The Morgan fingerprint density at radius 2 is 1.88 bits per heavy atom. The Kier molecular flexibility index (Phi) is 7.85. The second-order valence-electron chi connectivity index (χ2n) is 4.95. The van der Waals surface area contributed by atoms with Crippen molar-refractivity contribution in [2.24, 2.45) is 4.99 Å². The molecular weight excluding hydrogens is 210 g/mol. The van der Waals surface area contributed by atoms with Crippen LogP contribution in [-0.4, -0.2) is 25.1 Å². The fourth-order valence-corrected chi connectivity index (χ4v) is 2.31. The molecule has 0 spiro atoms. The average molecular weight is 239 g/mol. The number of hydrogen-bond acceptors (Lipinski definition) is 1. The third-order valence-electron chi connectivity index (χ3n) is 3.32. The van der Waals surface area contributed by atoms with Crippen LogP contribution in [0.2, 0.25) is 0 Å². The third-order valence-corrected chi connectivity index (χ3v) is 3.32. The summed E-state index contributed by atoms with van der Waals surface area (Å²) >= 11 is 0. The van der Waals surface area contributed by atoms with Crippen molar-refractivity contribution < 1.29 is 0 Å². The van der Waals surface area contributed by atoms with Gasteiger partial charge in [0.25, 0.3) is 0 Å². The Morgan fingerprint density at radius 1 is 1.12 bits per heavy atom. The molecule has 1 saturated carbocycles. The molecule has 3 heteroatoms. The van der Waals surface area contributed by atoms with E-state index in [4.69, 9.17) is 0 Å². The van der Waals surface area contributed by atoms with Gasteiger partial charge in [-0.1, -0.05) is 39.0 Å². The lowest BCUT2D eigenvalue weighted by molar-refractivity contribution is 0.410. The van der Waals surface area contributed by atoms with Crippen molar-refractivity contribution in [1.29, 1.82) is 0 Å². The molecule has 0 amide bonds. The smallest absolute Gasteiger partial charge is 0.191 e. The fourth-order valence-electron chi connectivity index (χ4n) is 2.31. The van der Waals surface area contributed by atoms with E-state index in [1.165, 1.54) is 51.4 Å². The maximum Gasteiger partial charge on any atom is 0.191 e. The van der Waals surface area contributed by atoms with Gasteiger partial charge in [-0.25, -0.2) is 0 Å². The Bertz CT molecular complexity index is 208. The van der Waals surface area contributed by atoms with E-state index in [-0.39, 0.29) is 0 Å². The Morgan fingerprint density at radius 3 is 2.53 bits per heavy atom. The van der Waals surface area contributed by atoms with Gasteiger partial charge in [0.2, 0.25) is 0 Å². The second kappa shape index (κ2) is 9.32. The molecule has 0 saturated heterocycles. The lowest BCUT2D eigenvalue weighted by atomic mass is 9.96. The zero-order valence-corrected chi connectivity index (χ0v) is 11.6. The highest BCUT2D eigenvalue weighted by Gasteiger charge is 2.13. The number of rotatable bonds is 6. The van der Waals surface area contributed by atoms with Gasteiger partial charge < -0.3 is 10.6 Å². The highest BCUT2D eigenvalue weighted by molar-refractivity contribution is 5.80. The summed E-state index contributed by atoms with van der Waals surface area (Å²) in [5, 5.41) is 6.92. The van der Waals surface area contributed by atoms with Crippen LogP contribution in [0.3, 0.4) is 0 Å². The van der Waals surface area contributed by atoms with E-state index >= 15 is 0 Å². The molecule has 0 aromatic heterocycles. The van der Waals surface area contributed by atoms with Crippen molar-refractivity contribution in [3.8, 4) is 0 Å². The van der Waals surface area contributed by atoms with E-state index in [2.05, 4.69) is 29.5 Å². The molecule has 3 nitrogen and oxygen atoms in total.